The number of hydrogen-bond acceptors (Lipinski definition) is 2. The van der Waals surface area contributed by atoms with Gasteiger partial charge in [-0.15, -0.1) is 0 Å². The van der Waals surface area contributed by atoms with Crippen molar-refractivity contribution in [3.05, 3.63) is 81.0 Å². The van der Waals surface area contributed by atoms with E-state index in [0.29, 0.717) is 28.0 Å². The van der Waals surface area contributed by atoms with Crippen LogP contribution in [0.1, 0.15) is 27.0 Å². The van der Waals surface area contributed by atoms with Crippen molar-refractivity contribution >= 4 is 34.9 Å². The maximum Gasteiger partial charge on any atom is 0.256 e. The van der Waals surface area contributed by atoms with Crippen LogP contribution in [0.2, 0.25) is 10.0 Å². The molecule has 0 bridgehead atoms. The Balaban J connectivity index is 1.69. The smallest absolute Gasteiger partial charge is 0.256 e. The average molecular weight is 374 g/mol. The van der Waals surface area contributed by atoms with E-state index in [-0.39, 0.29) is 5.91 Å². The van der Waals surface area contributed by atoms with Gasteiger partial charge in [0.25, 0.3) is 5.91 Å². The number of nitrogens with one attached hydrogen (secondary N) is 1. The number of aromatic nitrogens is 2. The van der Waals surface area contributed by atoms with Crippen molar-refractivity contribution in [3.8, 4) is 0 Å². The van der Waals surface area contributed by atoms with Gasteiger partial charge in [0.1, 0.15) is 0 Å². The largest absolute Gasteiger partial charge is 0.305 e. The van der Waals surface area contributed by atoms with Gasteiger partial charge in [-0.25, -0.2) is 0 Å². The topological polar surface area (TPSA) is 46.9 Å². The van der Waals surface area contributed by atoms with Gasteiger partial charge in [0.05, 0.1) is 16.6 Å². The van der Waals surface area contributed by atoms with Crippen LogP contribution in [0, 0.1) is 13.8 Å². The van der Waals surface area contributed by atoms with Crippen LogP contribution in [0.3, 0.4) is 0 Å². The van der Waals surface area contributed by atoms with Crippen LogP contribution < -0.4 is 5.32 Å². The van der Waals surface area contributed by atoms with Crippen LogP contribution in [0.4, 0.5) is 5.82 Å². The summed E-state index contributed by atoms with van der Waals surface area (Å²) < 4.78 is 1.73. The summed E-state index contributed by atoms with van der Waals surface area (Å²) in [6.07, 6.45) is 1.80. The van der Waals surface area contributed by atoms with Gasteiger partial charge < -0.3 is 5.32 Å². The molecule has 1 amide bonds. The van der Waals surface area contributed by atoms with Gasteiger partial charge in [-0.1, -0.05) is 35.3 Å². The maximum atomic E-state index is 12.3. The van der Waals surface area contributed by atoms with Gasteiger partial charge in [-0.05, 0) is 54.8 Å². The molecule has 6 heteroatoms. The lowest BCUT2D eigenvalue weighted by atomic mass is 10.1. The number of benzene rings is 2. The zero-order valence-corrected chi connectivity index (χ0v) is 15.4. The summed E-state index contributed by atoms with van der Waals surface area (Å²) >= 11 is 11.9. The first-order valence-electron chi connectivity index (χ1n) is 7.78. The van der Waals surface area contributed by atoms with Gasteiger partial charge in [0.15, 0.2) is 5.82 Å². The predicted molar refractivity (Wildman–Crippen MR) is 102 cm³/mol. The highest BCUT2D eigenvalue weighted by Gasteiger charge is 2.09. The van der Waals surface area contributed by atoms with Crippen molar-refractivity contribution in [1.82, 2.24) is 9.78 Å². The Morgan fingerprint density at radius 3 is 2.56 bits per heavy atom. The molecule has 0 aliphatic heterocycles. The number of hydrogen-bond donors (Lipinski definition) is 1. The van der Waals surface area contributed by atoms with E-state index in [4.69, 9.17) is 23.2 Å². The third-order valence-electron chi connectivity index (χ3n) is 3.98. The Labute approximate surface area is 156 Å². The van der Waals surface area contributed by atoms with Gasteiger partial charge >= 0.3 is 0 Å². The standard InChI is InChI=1S/C19H17Cl2N3O/c1-12-3-5-15(9-13(12)2)19(25)22-18-7-8-24(23-18)11-14-4-6-16(20)17(21)10-14/h3-10H,11H2,1-2H3,(H,22,23,25). The molecule has 3 rings (SSSR count). The minimum absolute atomic E-state index is 0.178. The fourth-order valence-corrected chi connectivity index (χ4v) is 2.73. The molecule has 2 aromatic carbocycles. The lowest BCUT2D eigenvalue weighted by Crippen LogP contribution is -2.13. The van der Waals surface area contributed by atoms with E-state index in [1.54, 1.807) is 29.1 Å². The number of rotatable bonds is 4. The quantitative estimate of drug-likeness (QED) is 0.690. The van der Waals surface area contributed by atoms with Gasteiger partial charge in [-0.2, -0.15) is 5.10 Å². The molecule has 4 nitrogen and oxygen atoms in total. The third kappa shape index (κ3) is 4.21. The first-order chi connectivity index (χ1) is 11.9. The van der Waals surface area contributed by atoms with Crippen LogP contribution in [-0.2, 0) is 6.54 Å². The van der Waals surface area contributed by atoms with E-state index >= 15 is 0 Å². The monoisotopic (exact) mass is 373 g/mol. The van der Waals surface area contributed by atoms with E-state index in [2.05, 4.69) is 10.4 Å². The summed E-state index contributed by atoms with van der Waals surface area (Å²) in [6, 6.07) is 12.8. The first kappa shape index (κ1) is 17.5. The molecule has 1 heterocycles. The molecule has 3 aromatic rings. The van der Waals surface area contributed by atoms with E-state index in [9.17, 15) is 4.79 Å². The summed E-state index contributed by atoms with van der Waals surface area (Å²) in [5.74, 6) is 0.325. The van der Waals surface area contributed by atoms with Gasteiger partial charge in [0.2, 0.25) is 0 Å². The van der Waals surface area contributed by atoms with Crippen LogP contribution in [0.5, 0.6) is 0 Å². The van der Waals surface area contributed by atoms with E-state index < -0.39 is 0 Å². The molecule has 0 spiro atoms. The van der Waals surface area contributed by atoms with Crippen molar-refractivity contribution in [1.29, 1.82) is 0 Å². The minimum atomic E-state index is -0.178. The Morgan fingerprint density at radius 1 is 1.04 bits per heavy atom. The second kappa shape index (κ2) is 7.30. The zero-order chi connectivity index (χ0) is 18.0. The Morgan fingerprint density at radius 2 is 1.84 bits per heavy atom. The van der Waals surface area contributed by atoms with Crippen LogP contribution in [-0.4, -0.2) is 15.7 Å². The minimum Gasteiger partial charge on any atom is -0.305 e. The lowest BCUT2D eigenvalue weighted by Gasteiger charge is -2.06. The van der Waals surface area contributed by atoms with Crippen molar-refractivity contribution in [2.75, 3.05) is 5.32 Å². The Kier molecular flexibility index (Phi) is 5.11. The molecule has 0 radical (unpaired) electrons. The summed E-state index contributed by atoms with van der Waals surface area (Å²) in [6.45, 7) is 4.54. The number of carbonyl (C=O) groups excluding carboxylic acids is 1. The summed E-state index contributed by atoms with van der Waals surface area (Å²) in [4.78, 5) is 12.3. The molecular formula is C19H17Cl2N3O. The molecule has 0 unspecified atom stereocenters. The number of carbonyl (C=O) groups is 1. The zero-order valence-electron chi connectivity index (χ0n) is 13.9. The number of nitrogens with zero attached hydrogens (tertiary/aromatic N) is 2. The molecule has 0 atom stereocenters. The van der Waals surface area contributed by atoms with E-state index in [1.165, 1.54) is 0 Å². The van der Waals surface area contributed by atoms with Crippen LogP contribution >= 0.6 is 23.2 Å². The highest BCUT2D eigenvalue weighted by Crippen LogP contribution is 2.23. The number of amides is 1. The molecule has 25 heavy (non-hydrogen) atoms. The van der Waals surface area contributed by atoms with Crippen LogP contribution in [0.25, 0.3) is 0 Å². The molecule has 128 valence electrons. The Hall–Kier alpha value is -2.30. The number of anilines is 1. The van der Waals surface area contributed by atoms with E-state index in [1.807, 2.05) is 38.1 Å². The molecule has 0 fully saturated rings. The summed E-state index contributed by atoms with van der Waals surface area (Å²) in [7, 11) is 0. The highest BCUT2D eigenvalue weighted by molar-refractivity contribution is 6.42. The average Bonchev–Trinajstić information content (AvgIpc) is 3.00. The molecule has 0 saturated carbocycles. The fourth-order valence-electron chi connectivity index (χ4n) is 2.41. The molecule has 0 saturated heterocycles. The fraction of sp³-hybridized carbons (Fsp3) is 0.158. The van der Waals surface area contributed by atoms with Crippen molar-refractivity contribution < 1.29 is 4.79 Å². The number of halogens is 2. The van der Waals surface area contributed by atoms with E-state index in [0.717, 1.165) is 16.7 Å². The summed E-state index contributed by atoms with van der Waals surface area (Å²) in [5.41, 5.74) is 3.83. The SMILES string of the molecule is Cc1ccc(C(=O)Nc2ccn(Cc3ccc(Cl)c(Cl)c3)n2)cc1C. The highest BCUT2D eigenvalue weighted by atomic mass is 35.5. The van der Waals surface area contributed by atoms with Crippen LogP contribution in [0.15, 0.2) is 48.7 Å². The number of aryl methyl sites for hydroxylation is 2. The van der Waals surface area contributed by atoms with Crippen molar-refractivity contribution in [2.45, 2.75) is 20.4 Å². The van der Waals surface area contributed by atoms with Gasteiger partial charge in [0, 0.05) is 17.8 Å². The molecule has 0 aliphatic carbocycles. The maximum absolute atomic E-state index is 12.3. The third-order valence-corrected chi connectivity index (χ3v) is 4.72. The van der Waals surface area contributed by atoms with Crippen molar-refractivity contribution in [2.24, 2.45) is 0 Å². The molecule has 1 N–H and O–H groups in total. The second-order valence-corrected chi connectivity index (χ2v) is 6.71. The molecule has 0 aliphatic rings. The normalized spacial score (nSPS) is 10.7. The Bertz CT molecular complexity index is 934. The van der Waals surface area contributed by atoms with Gasteiger partial charge in [-0.3, -0.25) is 9.48 Å². The molecular weight excluding hydrogens is 357 g/mol. The summed E-state index contributed by atoms with van der Waals surface area (Å²) in [5, 5.41) is 8.21. The second-order valence-electron chi connectivity index (χ2n) is 5.90. The first-order valence-corrected chi connectivity index (χ1v) is 8.54. The molecule has 1 aromatic heterocycles. The van der Waals surface area contributed by atoms with Crippen molar-refractivity contribution in [3.63, 3.8) is 0 Å². The lowest BCUT2D eigenvalue weighted by molar-refractivity contribution is 0.102. The predicted octanol–water partition coefficient (Wildman–Crippen LogP) is 5.11.